The number of nitrogens with zero attached hydrogens (tertiary/aromatic N) is 2. The zero-order valence-electron chi connectivity index (χ0n) is 6.98. The van der Waals surface area contributed by atoms with Gasteiger partial charge in [-0.05, 0) is 0 Å². The van der Waals surface area contributed by atoms with Gasteiger partial charge in [-0.3, -0.25) is 0 Å². The van der Waals surface area contributed by atoms with E-state index in [-0.39, 0.29) is 28.6 Å². The summed E-state index contributed by atoms with van der Waals surface area (Å²) in [5, 5.41) is 4.71. The van der Waals surface area contributed by atoms with E-state index in [1.165, 1.54) is 0 Å². The molecule has 1 heterocycles. The van der Waals surface area contributed by atoms with Crippen molar-refractivity contribution in [1.82, 2.24) is 10.2 Å². The summed E-state index contributed by atoms with van der Waals surface area (Å²) in [4.78, 5) is 0. The highest BCUT2D eigenvalue weighted by Crippen LogP contribution is 2.44. The van der Waals surface area contributed by atoms with Crippen molar-refractivity contribution in [3.63, 3.8) is 0 Å². The van der Waals surface area contributed by atoms with Crippen molar-refractivity contribution in [3.8, 4) is 0 Å². The van der Waals surface area contributed by atoms with Gasteiger partial charge in [-0.1, -0.05) is 11.3 Å². The highest BCUT2D eigenvalue weighted by Gasteiger charge is 2.61. The molecule has 0 saturated heterocycles. The molecular weight excluding hydrogens is 263 g/mol. The molecule has 0 aliphatic heterocycles. The van der Waals surface area contributed by atoms with Gasteiger partial charge < -0.3 is 0 Å². The Morgan fingerprint density at radius 1 is 1.13 bits per heavy atom. The summed E-state index contributed by atoms with van der Waals surface area (Å²) in [7, 11) is 0. The number of halogens is 6. The topological polar surface area (TPSA) is 25.8 Å². The van der Waals surface area contributed by atoms with Gasteiger partial charge in [0.05, 0.1) is 0 Å². The number of hydrogen-bond acceptors (Lipinski definition) is 3. The minimum absolute atomic E-state index is 0.0592. The second kappa shape index (κ2) is 4.17. The van der Waals surface area contributed by atoms with Crippen LogP contribution in [-0.4, -0.2) is 22.3 Å². The summed E-state index contributed by atoms with van der Waals surface area (Å²) in [6.45, 7) is 0. The molecule has 0 saturated carbocycles. The molecule has 0 aliphatic carbocycles. The van der Waals surface area contributed by atoms with Crippen LogP contribution in [-0.2, 0) is 12.3 Å². The number of alkyl halides is 6. The van der Waals surface area contributed by atoms with E-state index in [1.807, 2.05) is 0 Å². The zero-order chi connectivity index (χ0) is 11.7. The maximum Gasteiger partial charge on any atom is 0.460 e. The first-order chi connectivity index (χ1) is 6.79. The van der Waals surface area contributed by atoms with Crippen LogP contribution in [0.3, 0.4) is 0 Å². The summed E-state index contributed by atoms with van der Waals surface area (Å²) < 4.78 is 61.0. The number of aryl methyl sites for hydroxylation is 1. The fourth-order valence-corrected chi connectivity index (χ4v) is 1.81. The van der Waals surface area contributed by atoms with Gasteiger partial charge in [-0.15, -0.1) is 21.8 Å². The van der Waals surface area contributed by atoms with Gasteiger partial charge in [0.2, 0.25) is 0 Å². The molecule has 0 atom stereocenters. The lowest BCUT2D eigenvalue weighted by molar-refractivity contribution is -0.289. The monoisotopic (exact) mass is 266 g/mol. The molecule has 1 rings (SSSR count). The molecule has 0 spiro atoms. The third-order valence-electron chi connectivity index (χ3n) is 1.40. The Balaban J connectivity index is 2.95. The molecule has 0 radical (unpaired) electrons. The Bertz CT molecular complexity index is 337. The van der Waals surface area contributed by atoms with Crippen molar-refractivity contribution in [1.29, 1.82) is 0 Å². The Morgan fingerprint density at radius 2 is 1.73 bits per heavy atom. The lowest BCUT2D eigenvalue weighted by atomic mass is 10.3. The molecule has 0 aromatic carbocycles. The summed E-state index contributed by atoms with van der Waals surface area (Å²) in [6.07, 6.45) is -5.53. The average Bonchev–Trinajstić information content (AvgIpc) is 2.51. The molecule has 0 bridgehead atoms. The van der Waals surface area contributed by atoms with Crippen LogP contribution >= 0.6 is 22.9 Å². The Kier molecular flexibility index (Phi) is 3.49. The van der Waals surface area contributed by atoms with Gasteiger partial charge in [0.15, 0.2) is 5.01 Å². The van der Waals surface area contributed by atoms with Crippen LogP contribution in [0.2, 0.25) is 0 Å². The third-order valence-corrected chi connectivity index (χ3v) is 2.64. The molecule has 86 valence electrons. The van der Waals surface area contributed by atoms with E-state index >= 15 is 0 Å². The number of hydrogen-bond donors (Lipinski definition) is 0. The summed E-state index contributed by atoms with van der Waals surface area (Å²) in [6, 6.07) is 0. The van der Waals surface area contributed by atoms with Gasteiger partial charge >= 0.3 is 12.1 Å². The van der Waals surface area contributed by atoms with Crippen LogP contribution in [0.5, 0.6) is 0 Å². The molecule has 9 heteroatoms. The van der Waals surface area contributed by atoms with Crippen molar-refractivity contribution >= 4 is 22.9 Å². The lowest BCUT2D eigenvalue weighted by Crippen LogP contribution is -2.33. The minimum Gasteiger partial charge on any atom is -0.188 e. The first-order valence-electron chi connectivity index (χ1n) is 3.62. The van der Waals surface area contributed by atoms with E-state index in [1.54, 1.807) is 0 Å². The van der Waals surface area contributed by atoms with Crippen LogP contribution in [0.15, 0.2) is 0 Å². The zero-order valence-corrected chi connectivity index (χ0v) is 8.56. The predicted molar refractivity (Wildman–Crippen MR) is 44.3 cm³/mol. The van der Waals surface area contributed by atoms with Crippen molar-refractivity contribution in [2.45, 2.75) is 18.5 Å². The highest BCUT2D eigenvalue weighted by molar-refractivity contribution is 7.11. The van der Waals surface area contributed by atoms with Gasteiger partial charge in [0.25, 0.3) is 0 Å². The first-order valence-corrected chi connectivity index (χ1v) is 4.97. The van der Waals surface area contributed by atoms with Crippen LogP contribution in [0.1, 0.15) is 10.0 Å². The first kappa shape index (κ1) is 12.6. The van der Waals surface area contributed by atoms with Crippen molar-refractivity contribution in [2.75, 3.05) is 5.88 Å². The molecule has 0 N–H and O–H groups in total. The summed E-state index contributed by atoms with van der Waals surface area (Å²) in [5.74, 6) is -4.86. The quantitative estimate of drug-likeness (QED) is 0.621. The van der Waals surface area contributed by atoms with E-state index in [4.69, 9.17) is 11.6 Å². The van der Waals surface area contributed by atoms with Crippen LogP contribution in [0, 0.1) is 0 Å². The number of rotatable bonds is 3. The van der Waals surface area contributed by atoms with Crippen LogP contribution in [0.25, 0.3) is 0 Å². The van der Waals surface area contributed by atoms with Crippen molar-refractivity contribution in [3.05, 3.63) is 10.0 Å². The molecule has 1 aromatic heterocycles. The van der Waals surface area contributed by atoms with E-state index in [0.29, 0.717) is 0 Å². The molecule has 0 fully saturated rings. The summed E-state index contributed by atoms with van der Waals surface area (Å²) in [5.41, 5.74) is 0. The Labute approximate surface area is 90.1 Å². The highest BCUT2D eigenvalue weighted by atomic mass is 35.5. The van der Waals surface area contributed by atoms with E-state index in [2.05, 4.69) is 10.2 Å². The summed E-state index contributed by atoms with van der Waals surface area (Å²) >= 11 is 5.49. The van der Waals surface area contributed by atoms with Crippen LogP contribution < -0.4 is 0 Å². The number of aromatic nitrogens is 2. The normalized spacial score (nSPS) is 13.2. The van der Waals surface area contributed by atoms with Crippen molar-refractivity contribution in [2.24, 2.45) is 0 Å². The fourth-order valence-electron chi connectivity index (χ4n) is 0.684. The molecule has 0 amide bonds. The smallest absolute Gasteiger partial charge is 0.188 e. The van der Waals surface area contributed by atoms with Gasteiger partial charge in [0, 0.05) is 12.3 Å². The molecule has 0 unspecified atom stereocenters. The average molecular weight is 267 g/mol. The Morgan fingerprint density at radius 3 is 2.20 bits per heavy atom. The second-order valence-corrected chi connectivity index (χ2v) is 3.95. The maximum atomic E-state index is 12.7. The second-order valence-electron chi connectivity index (χ2n) is 2.51. The fraction of sp³-hybridized carbons (Fsp3) is 0.667. The molecule has 0 aliphatic rings. The minimum atomic E-state index is -5.65. The van der Waals surface area contributed by atoms with E-state index < -0.39 is 17.1 Å². The lowest BCUT2D eigenvalue weighted by Gasteiger charge is -2.15. The van der Waals surface area contributed by atoms with E-state index in [9.17, 15) is 22.0 Å². The molecule has 15 heavy (non-hydrogen) atoms. The molecule has 1 aromatic rings. The van der Waals surface area contributed by atoms with Gasteiger partial charge in [-0.25, -0.2) is 0 Å². The maximum absolute atomic E-state index is 12.7. The molecule has 2 nitrogen and oxygen atoms in total. The van der Waals surface area contributed by atoms with Gasteiger partial charge in [0.1, 0.15) is 5.01 Å². The Hall–Kier alpha value is -0.500. The van der Waals surface area contributed by atoms with Crippen molar-refractivity contribution < 1.29 is 22.0 Å². The SMILES string of the molecule is FC(F)(F)C(F)(F)c1nnc(CCCl)s1. The largest absolute Gasteiger partial charge is 0.460 e. The van der Waals surface area contributed by atoms with Crippen LogP contribution in [0.4, 0.5) is 22.0 Å². The standard InChI is InChI=1S/C6H4ClF5N2S/c7-2-1-3-13-14-4(15-3)5(8,9)6(10,11)12/h1-2H2. The molecular formula is C6H4ClF5N2S. The van der Waals surface area contributed by atoms with Gasteiger partial charge in [-0.2, -0.15) is 22.0 Å². The predicted octanol–water partition coefficient (Wildman–Crippen LogP) is 2.97. The van der Waals surface area contributed by atoms with E-state index in [0.717, 1.165) is 0 Å². The third kappa shape index (κ3) is 2.54.